The van der Waals surface area contributed by atoms with Crippen molar-refractivity contribution >= 4 is 5.78 Å². The van der Waals surface area contributed by atoms with E-state index >= 15 is 0 Å². The smallest absolute Gasteiger partial charge is 0.147 e. The van der Waals surface area contributed by atoms with Crippen LogP contribution in [-0.4, -0.2) is 50.6 Å². The quantitative estimate of drug-likeness (QED) is 0.524. The maximum Gasteiger partial charge on any atom is 0.147 e. The summed E-state index contributed by atoms with van der Waals surface area (Å²) in [4.78, 5) is 13.3. The lowest BCUT2D eigenvalue weighted by Crippen LogP contribution is -2.72. The van der Waals surface area contributed by atoms with Crippen molar-refractivity contribution in [2.24, 2.45) is 39.9 Å². The van der Waals surface area contributed by atoms with E-state index in [1.165, 1.54) is 0 Å². The molecule has 0 amide bonds. The number of carbonyl (C=O) groups is 1. The molecule has 0 aliphatic heterocycles. The second-order valence-corrected chi connectivity index (χ2v) is 10.2. The van der Waals surface area contributed by atoms with Gasteiger partial charge in [-0.25, -0.2) is 0 Å². The summed E-state index contributed by atoms with van der Waals surface area (Å²) < 4.78 is 0. The third kappa shape index (κ3) is 1.81. The second kappa shape index (κ2) is 5.06. The normalized spacial score (nSPS) is 60.1. The summed E-state index contributed by atoms with van der Waals surface area (Å²) in [5.74, 6) is -1.39. The number of carbonyl (C=O) groups excluding carboxylic acids is 1. The van der Waals surface area contributed by atoms with Gasteiger partial charge in [0, 0.05) is 17.3 Å². The number of ketones is 1. The standard InChI is InChI=1S/C20H32O5/c1-9-10-7-11(21)15-19(4)12(18(2,3)6-5-13(19)22)8-14(23)20(15,16(9)24)17(10)25/h9-15,17,21-23,25H,5-8H2,1-4H3/t9-,10+,11-,12+,13+,14+,15+,17+,19-,20+/m0/s1. The molecule has 4 fully saturated rings. The molecule has 1 spiro atoms. The molecule has 4 rings (SSSR count). The number of Topliss-reactive ketones (excluding diaryl/α,β-unsaturated/α-hetero) is 1. The van der Waals surface area contributed by atoms with Gasteiger partial charge < -0.3 is 20.4 Å². The highest BCUT2D eigenvalue weighted by Crippen LogP contribution is 2.71. The van der Waals surface area contributed by atoms with Gasteiger partial charge in [0.05, 0.1) is 29.8 Å². The van der Waals surface area contributed by atoms with Crippen LogP contribution in [0, 0.1) is 39.9 Å². The fraction of sp³-hybridized carbons (Fsp3) is 0.950. The molecule has 0 unspecified atom stereocenters. The van der Waals surface area contributed by atoms with Crippen LogP contribution < -0.4 is 0 Å². The Labute approximate surface area is 149 Å². The molecule has 4 saturated carbocycles. The molecule has 10 atom stereocenters. The summed E-state index contributed by atoms with van der Waals surface area (Å²) in [5, 5.41) is 44.3. The highest BCUT2D eigenvalue weighted by atomic mass is 16.3. The number of rotatable bonds is 0. The first-order valence-corrected chi connectivity index (χ1v) is 9.77. The summed E-state index contributed by atoms with van der Waals surface area (Å²) >= 11 is 0. The monoisotopic (exact) mass is 352 g/mol. The van der Waals surface area contributed by atoms with Crippen LogP contribution in [0.2, 0.25) is 0 Å². The van der Waals surface area contributed by atoms with Gasteiger partial charge in [-0.1, -0.05) is 27.7 Å². The Balaban J connectivity index is 1.94. The molecule has 5 nitrogen and oxygen atoms in total. The molecule has 5 heteroatoms. The Kier molecular flexibility index (Phi) is 3.62. The van der Waals surface area contributed by atoms with Crippen molar-refractivity contribution in [2.75, 3.05) is 0 Å². The molecule has 4 aliphatic rings. The third-order valence-electron chi connectivity index (χ3n) is 8.95. The largest absolute Gasteiger partial charge is 0.393 e. The number of hydrogen-bond acceptors (Lipinski definition) is 5. The van der Waals surface area contributed by atoms with Gasteiger partial charge in [0.2, 0.25) is 0 Å². The highest BCUT2D eigenvalue weighted by Gasteiger charge is 2.77. The van der Waals surface area contributed by atoms with E-state index < -0.39 is 41.2 Å². The van der Waals surface area contributed by atoms with E-state index in [1.54, 1.807) is 0 Å². The van der Waals surface area contributed by atoms with Crippen molar-refractivity contribution in [3.8, 4) is 0 Å². The zero-order valence-corrected chi connectivity index (χ0v) is 15.6. The van der Waals surface area contributed by atoms with Crippen LogP contribution in [0.3, 0.4) is 0 Å². The average molecular weight is 352 g/mol. The molecule has 0 aromatic heterocycles. The Morgan fingerprint density at radius 2 is 1.64 bits per heavy atom. The minimum Gasteiger partial charge on any atom is -0.393 e. The fourth-order valence-electron chi connectivity index (χ4n) is 7.75. The molecule has 0 heterocycles. The number of aliphatic hydroxyl groups excluding tert-OH is 4. The van der Waals surface area contributed by atoms with Gasteiger partial charge in [0.1, 0.15) is 5.78 Å². The molecular weight excluding hydrogens is 320 g/mol. The Hall–Kier alpha value is -0.490. The molecule has 0 saturated heterocycles. The van der Waals surface area contributed by atoms with Crippen molar-refractivity contribution < 1.29 is 25.2 Å². The van der Waals surface area contributed by atoms with Crippen molar-refractivity contribution in [3.05, 3.63) is 0 Å². The van der Waals surface area contributed by atoms with E-state index in [1.807, 2.05) is 13.8 Å². The maximum atomic E-state index is 13.3. The van der Waals surface area contributed by atoms with E-state index in [0.29, 0.717) is 19.3 Å². The Morgan fingerprint density at radius 1 is 1.00 bits per heavy atom. The minimum absolute atomic E-state index is 0.00326. The molecule has 25 heavy (non-hydrogen) atoms. The zero-order valence-electron chi connectivity index (χ0n) is 15.6. The lowest BCUT2D eigenvalue weighted by Gasteiger charge is -2.67. The van der Waals surface area contributed by atoms with E-state index in [9.17, 15) is 25.2 Å². The lowest BCUT2D eigenvalue weighted by molar-refractivity contribution is -0.274. The first kappa shape index (κ1) is 17.9. The third-order valence-corrected chi connectivity index (χ3v) is 8.95. The number of aliphatic hydroxyl groups is 4. The fourth-order valence-corrected chi connectivity index (χ4v) is 7.75. The molecule has 2 bridgehead atoms. The molecular formula is C20H32O5. The van der Waals surface area contributed by atoms with Crippen molar-refractivity contribution in [1.82, 2.24) is 0 Å². The van der Waals surface area contributed by atoms with E-state index in [0.717, 1.165) is 6.42 Å². The minimum atomic E-state index is -1.33. The molecule has 4 aliphatic carbocycles. The van der Waals surface area contributed by atoms with E-state index in [4.69, 9.17) is 0 Å². The molecule has 0 aromatic carbocycles. The maximum absolute atomic E-state index is 13.3. The van der Waals surface area contributed by atoms with Crippen LogP contribution in [-0.2, 0) is 4.79 Å². The van der Waals surface area contributed by atoms with Gasteiger partial charge in [-0.2, -0.15) is 0 Å². The van der Waals surface area contributed by atoms with Gasteiger partial charge in [-0.15, -0.1) is 0 Å². The van der Waals surface area contributed by atoms with Crippen LogP contribution in [0.25, 0.3) is 0 Å². The van der Waals surface area contributed by atoms with Gasteiger partial charge in [0.25, 0.3) is 0 Å². The average Bonchev–Trinajstić information content (AvgIpc) is 2.65. The van der Waals surface area contributed by atoms with Crippen LogP contribution >= 0.6 is 0 Å². The molecule has 142 valence electrons. The summed E-state index contributed by atoms with van der Waals surface area (Å²) in [6.07, 6.45) is -1.09. The van der Waals surface area contributed by atoms with Crippen LogP contribution in [0.4, 0.5) is 0 Å². The first-order chi connectivity index (χ1) is 11.5. The van der Waals surface area contributed by atoms with Crippen molar-refractivity contribution in [2.45, 2.75) is 77.8 Å². The van der Waals surface area contributed by atoms with Crippen molar-refractivity contribution in [1.29, 1.82) is 0 Å². The Bertz CT molecular complexity index is 603. The Morgan fingerprint density at radius 3 is 2.28 bits per heavy atom. The number of hydrogen-bond donors (Lipinski definition) is 4. The first-order valence-electron chi connectivity index (χ1n) is 9.77. The van der Waals surface area contributed by atoms with Crippen molar-refractivity contribution in [3.63, 3.8) is 0 Å². The molecule has 0 aromatic rings. The van der Waals surface area contributed by atoms with Crippen LogP contribution in [0.15, 0.2) is 0 Å². The van der Waals surface area contributed by atoms with Gasteiger partial charge in [-0.05, 0) is 42.9 Å². The predicted molar refractivity (Wildman–Crippen MR) is 91.5 cm³/mol. The highest BCUT2D eigenvalue weighted by molar-refractivity contribution is 5.92. The van der Waals surface area contributed by atoms with Crippen LogP contribution in [0.1, 0.15) is 53.4 Å². The van der Waals surface area contributed by atoms with E-state index in [-0.39, 0.29) is 29.0 Å². The second-order valence-electron chi connectivity index (χ2n) is 10.2. The van der Waals surface area contributed by atoms with Crippen LogP contribution in [0.5, 0.6) is 0 Å². The topological polar surface area (TPSA) is 98.0 Å². The summed E-state index contributed by atoms with van der Waals surface area (Å²) in [6.45, 7) is 8.09. The summed E-state index contributed by atoms with van der Waals surface area (Å²) in [5.41, 5.74) is -2.11. The van der Waals surface area contributed by atoms with Gasteiger partial charge in [-0.3, -0.25) is 4.79 Å². The molecule has 0 radical (unpaired) electrons. The zero-order chi connectivity index (χ0) is 18.5. The number of fused-ring (bicyclic) bond motifs is 3. The predicted octanol–water partition coefficient (Wildman–Crippen LogP) is 1.12. The SMILES string of the molecule is C[C@@H]1C(=O)[C@@]23[C@H](O)C[C@@H]4C(C)(C)CC[C@@H](O)[C@@]4(C)[C@H]2[C@@H](O)C[C@H]1[C@H]3O. The molecule has 4 N–H and O–H groups in total. The summed E-state index contributed by atoms with van der Waals surface area (Å²) in [6, 6.07) is 0. The van der Waals surface area contributed by atoms with Gasteiger partial charge in [0.15, 0.2) is 0 Å². The van der Waals surface area contributed by atoms with E-state index in [2.05, 4.69) is 13.8 Å². The van der Waals surface area contributed by atoms with Gasteiger partial charge >= 0.3 is 0 Å². The lowest BCUT2D eigenvalue weighted by atomic mass is 9.38. The summed E-state index contributed by atoms with van der Waals surface area (Å²) in [7, 11) is 0.